The molecule has 20 heavy (non-hydrogen) atoms. The molecule has 1 saturated carbocycles. The molecule has 0 bridgehead atoms. The van der Waals surface area contributed by atoms with Crippen molar-refractivity contribution in [3.05, 3.63) is 0 Å². The van der Waals surface area contributed by atoms with E-state index in [1.54, 1.807) is 0 Å². The minimum absolute atomic E-state index is 0.738. The molecule has 3 heteroatoms. The summed E-state index contributed by atoms with van der Waals surface area (Å²) in [5.41, 5.74) is 6.00. The van der Waals surface area contributed by atoms with Gasteiger partial charge in [0.25, 0.3) is 0 Å². The Morgan fingerprint density at radius 1 is 1.10 bits per heavy atom. The summed E-state index contributed by atoms with van der Waals surface area (Å²) in [5.74, 6) is 1.53. The Hall–Kier alpha value is -0.120. The van der Waals surface area contributed by atoms with Crippen molar-refractivity contribution in [2.45, 2.75) is 64.5 Å². The van der Waals surface area contributed by atoms with E-state index in [0.29, 0.717) is 0 Å². The van der Waals surface area contributed by atoms with Crippen LogP contribution in [0.3, 0.4) is 0 Å². The van der Waals surface area contributed by atoms with Crippen LogP contribution in [0.5, 0.6) is 0 Å². The summed E-state index contributed by atoms with van der Waals surface area (Å²) in [7, 11) is 2.36. The number of likely N-dealkylation sites (tertiary alicyclic amines) is 1. The molecular weight excluding hydrogens is 246 g/mol. The molecule has 0 aromatic heterocycles. The Morgan fingerprint density at radius 2 is 1.75 bits per heavy atom. The maximum Gasteiger partial charge on any atom is 0.0135 e. The van der Waals surface area contributed by atoms with Crippen LogP contribution >= 0.6 is 0 Å². The molecule has 2 fully saturated rings. The van der Waals surface area contributed by atoms with Gasteiger partial charge < -0.3 is 15.5 Å². The van der Waals surface area contributed by atoms with Crippen LogP contribution in [0.4, 0.5) is 0 Å². The fraction of sp³-hybridized carbons (Fsp3) is 1.00. The first-order chi connectivity index (χ1) is 9.61. The molecule has 0 aromatic rings. The van der Waals surface area contributed by atoms with Crippen LogP contribution < -0.4 is 5.73 Å². The van der Waals surface area contributed by atoms with Crippen LogP contribution in [0.25, 0.3) is 0 Å². The van der Waals surface area contributed by atoms with Gasteiger partial charge in [-0.15, -0.1) is 0 Å². The molecule has 1 saturated heterocycles. The zero-order valence-corrected chi connectivity index (χ0v) is 13.9. The number of hydrogen-bond donors (Lipinski definition) is 1. The van der Waals surface area contributed by atoms with Crippen molar-refractivity contribution in [2.24, 2.45) is 17.6 Å². The Labute approximate surface area is 125 Å². The first-order valence-electron chi connectivity index (χ1n) is 8.76. The smallest absolute Gasteiger partial charge is 0.0135 e. The molecule has 0 spiro atoms. The number of nitrogens with two attached hydrogens (primary N) is 1. The SMILES string of the molecule is CC(C)CN1CCC(N(C)C2CCCCC2CN)CC1. The molecule has 0 aromatic carbocycles. The van der Waals surface area contributed by atoms with Gasteiger partial charge in [0.05, 0.1) is 0 Å². The Bertz CT molecular complexity index is 271. The highest BCUT2D eigenvalue weighted by atomic mass is 15.2. The average Bonchev–Trinajstić information content (AvgIpc) is 2.46. The Kier molecular flexibility index (Phi) is 6.31. The fourth-order valence-corrected chi connectivity index (χ4v) is 4.30. The van der Waals surface area contributed by atoms with E-state index in [4.69, 9.17) is 5.73 Å². The van der Waals surface area contributed by atoms with Gasteiger partial charge in [0.1, 0.15) is 0 Å². The van der Waals surface area contributed by atoms with Gasteiger partial charge in [0, 0.05) is 18.6 Å². The lowest BCUT2D eigenvalue weighted by atomic mass is 9.82. The molecule has 1 aliphatic heterocycles. The third-order valence-corrected chi connectivity index (χ3v) is 5.45. The van der Waals surface area contributed by atoms with Crippen LogP contribution in [-0.2, 0) is 0 Å². The summed E-state index contributed by atoms with van der Waals surface area (Å²) in [6.07, 6.45) is 8.19. The normalized spacial score (nSPS) is 30.3. The van der Waals surface area contributed by atoms with Crippen molar-refractivity contribution in [1.29, 1.82) is 0 Å². The number of nitrogens with zero attached hydrogens (tertiary/aromatic N) is 2. The summed E-state index contributed by atoms with van der Waals surface area (Å²) in [6.45, 7) is 9.37. The maximum atomic E-state index is 6.00. The molecule has 2 aliphatic rings. The number of piperidine rings is 1. The Balaban J connectivity index is 1.82. The second kappa shape index (κ2) is 7.77. The lowest BCUT2D eigenvalue weighted by Crippen LogP contribution is -2.51. The third kappa shape index (κ3) is 4.19. The first-order valence-corrected chi connectivity index (χ1v) is 8.76. The highest BCUT2D eigenvalue weighted by Gasteiger charge is 2.32. The highest BCUT2D eigenvalue weighted by Crippen LogP contribution is 2.30. The van der Waals surface area contributed by atoms with Crippen molar-refractivity contribution >= 4 is 0 Å². The molecule has 3 nitrogen and oxygen atoms in total. The lowest BCUT2D eigenvalue weighted by Gasteiger charge is -2.44. The van der Waals surface area contributed by atoms with Crippen LogP contribution in [0.2, 0.25) is 0 Å². The van der Waals surface area contributed by atoms with E-state index in [-0.39, 0.29) is 0 Å². The summed E-state index contributed by atoms with van der Waals surface area (Å²) in [5, 5.41) is 0. The van der Waals surface area contributed by atoms with Gasteiger partial charge in [-0.25, -0.2) is 0 Å². The first kappa shape index (κ1) is 16.3. The molecule has 0 amide bonds. The molecule has 0 radical (unpaired) electrons. The predicted molar refractivity (Wildman–Crippen MR) is 86.9 cm³/mol. The topological polar surface area (TPSA) is 32.5 Å². The monoisotopic (exact) mass is 281 g/mol. The van der Waals surface area contributed by atoms with Gasteiger partial charge in [0.2, 0.25) is 0 Å². The van der Waals surface area contributed by atoms with Gasteiger partial charge in [-0.2, -0.15) is 0 Å². The summed E-state index contributed by atoms with van der Waals surface area (Å²) >= 11 is 0. The lowest BCUT2D eigenvalue weighted by molar-refractivity contribution is 0.0513. The van der Waals surface area contributed by atoms with E-state index in [1.807, 2.05) is 0 Å². The van der Waals surface area contributed by atoms with Gasteiger partial charge in [-0.1, -0.05) is 26.7 Å². The molecule has 2 atom stereocenters. The molecule has 1 heterocycles. The minimum Gasteiger partial charge on any atom is -0.330 e. The van der Waals surface area contributed by atoms with Crippen LogP contribution in [0.15, 0.2) is 0 Å². The van der Waals surface area contributed by atoms with E-state index < -0.39 is 0 Å². The van der Waals surface area contributed by atoms with Gasteiger partial charge in [-0.05, 0) is 64.2 Å². The van der Waals surface area contributed by atoms with Crippen LogP contribution in [0, 0.1) is 11.8 Å². The van der Waals surface area contributed by atoms with E-state index in [2.05, 4.69) is 30.7 Å². The van der Waals surface area contributed by atoms with E-state index >= 15 is 0 Å². The average molecular weight is 281 g/mol. The summed E-state index contributed by atoms with van der Waals surface area (Å²) in [4.78, 5) is 5.35. The maximum absolute atomic E-state index is 6.00. The second-order valence-electron chi connectivity index (χ2n) is 7.44. The molecule has 118 valence electrons. The molecule has 2 N–H and O–H groups in total. The molecule has 2 rings (SSSR count). The van der Waals surface area contributed by atoms with E-state index in [1.165, 1.54) is 58.2 Å². The van der Waals surface area contributed by atoms with Gasteiger partial charge in [0.15, 0.2) is 0 Å². The highest BCUT2D eigenvalue weighted by molar-refractivity contribution is 4.88. The standard InChI is InChI=1S/C17H35N3/c1-14(2)13-20-10-8-16(9-11-20)19(3)17-7-5-4-6-15(17)12-18/h14-17H,4-13,18H2,1-3H3. The van der Waals surface area contributed by atoms with Gasteiger partial charge >= 0.3 is 0 Å². The van der Waals surface area contributed by atoms with Crippen molar-refractivity contribution in [1.82, 2.24) is 9.80 Å². The molecule has 2 unspecified atom stereocenters. The zero-order valence-electron chi connectivity index (χ0n) is 13.9. The predicted octanol–water partition coefficient (Wildman–Crippen LogP) is 2.56. The van der Waals surface area contributed by atoms with Crippen molar-refractivity contribution < 1.29 is 0 Å². The quantitative estimate of drug-likeness (QED) is 0.840. The van der Waals surface area contributed by atoms with E-state index in [0.717, 1.165) is 30.5 Å². The second-order valence-corrected chi connectivity index (χ2v) is 7.44. The van der Waals surface area contributed by atoms with Crippen molar-refractivity contribution in [2.75, 3.05) is 33.2 Å². The van der Waals surface area contributed by atoms with Crippen LogP contribution in [-0.4, -0.2) is 55.1 Å². The fourth-order valence-electron chi connectivity index (χ4n) is 4.30. The number of rotatable bonds is 5. The van der Waals surface area contributed by atoms with Crippen molar-refractivity contribution in [3.63, 3.8) is 0 Å². The summed E-state index contributed by atoms with van der Waals surface area (Å²) < 4.78 is 0. The largest absolute Gasteiger partial charge is 0.330 e. The Morgan fingerprint density at radius 3 is 2.35 bits per heavy atom. The van der Waals surface area contributed by atoms with Gasteiger partial charge in [-0.3, -0.25) is 0 Å². The van der Waals surface area contributed by atoms with Crippen LogP contribution in [0.1, 0.15) is 52.4 Å². The third-order valence-electron chi connectivity index (χ3n) is 5.45. The van der Waals surface area contributed by atoms with Crippen molar-refractivity contribution in [3.8, 4) is 0 Å². The zero-order chi connectivity index (χ0) is 14.5. The van der Waals surface area contributed by atoms with E-state index in [9.17, 15) is 0 Å². The molecule has 1 aliphatic carbocycles. The summed E-state index contributed by atoms with van der Waals surface area (Å²) in [6, 6.07) is 1.53. The molecular formula is C17H35N3. The number of hydrogen-bond acceptors (Lipinski definition) is 3. The minimum atomic E-state index is 0.738.